The molecule has 2 aliphatic rings. The molecule has 7 heteroatoms. The van der Waals surface area contributed by atoms with E-state index in [1.54, 1.807) is 0 Å². The number of ether oxygens (including phenoxy) is 1. The molecule has 2 amide bonds. The fourth-order valence-electron chi connectivity index (χ4n) is 5.55. The van der Waals surface area contributed by atoms with Crippen LogP contribution in [-0.2, 0) is 14.3 Å². The zero-order valence-corrected chi connectivity index (χ0v) is 20.4. The number of nitrogens with zero attached hydrogens (tertiary/aromatic N) is 1. The average molecular weight is 479 g/mol. The summed E-state index contributed by atoms with van der Waals surface area (Å²) in [5.74, 6) is -1.33. The van der Waals surface area contributed by atoms with Crippen LogP contribution in [0.15, 0.2) is 48.5 Å². The molecular weight excluding hydrogens is 444 g/mol. The number of carboxylic acid groups (broad SMARTS) is 1. The second-order valence-corrected chi connectivity index (χ2v) is 9.65. The Balaban J connectivity index is 1.38. The summed E-state index contributed by atoms with van der Waals surface area (Å²) in [6.07, 6.45) is 2.47. The van der Waals surface area contributed by atoms with Gasteiger partial charge >= 0.3 is 12.1 Å². The van der Waals surface area contributed by atoms with Crippen molar-refractivity contribution in [3.8, 4) is 11.1 Å². The van der Waals surface area contributed by atoms with Gasteiger partial charge in [-0.1, -0.05) is 68.8 Å². The number of nitrogens with one attached hydrogen (secondary N) is 1. The Morgan fingerprint density at radius 3 is 2.31 bits per heavy atom. The Labute approximate surface area is 206 Å². The van der Waals surface area contributed by atoms with Crippen molar-refractivity contribution in [1.82, 2.24) is 10.2 Å². The first kappa shape index (κ1) is 24.8. The Bertz CT molecular complexity index is 1040. The first-order chi connectivity index (χ1) is 16.9. The number of aliphatic carboxylic acids is 1. The molecule has 1 aliphatic carbocycles. The standard InChI is InChI=1S/C28H34N2O5/c1-3-9-19(16-25(31)30-15-8-10-18(2)26(30)27(32)33)29-28(34)35-17-24-22-13-6-4-11-20(22)21-12-5-7-14-23(21)24/h4-7,11-14,18-19,24,26H,3,8-10,15-17H2,1-2H3,(H,29,34)(H,32,33)/t18?,19-,26?/m1/s1. The van der Waals surface area contributed by atoms with Crippen LogP contribution in [0.5, 0.6) is 0 Å². The van der Waals surface area contributed by atoms with Gasteiger partial charge in [-0.2, -0.15) is 0 Å². The lowest BCUT2D eigenvalue weighted by atomic mass is 9.90. The van der Waals surface area contributed by atoms with Gasteiger partial charge in [0.25, 0.3) is 0 Å². The number of piperidine rings is 1. The maximum Gasteiger partial charge on any atom is 0.407 e. The first-order valence-electron chi connectivity index (χ1n) is 12.5. The van der Waals surface area contributed by atoms with Gasteiger partial charge in [-0.25, -0.2) is 9.59 Å². The highest BCUT2D eigenvalue weighted by Crippen LogP contribution is 2.44. The molecule has 0 radical (unpaired) electrons. The first-order valence-corrected chi connectivity index (χ1v) is 12.5. The van der Waals surface area contributed by atoms with E-state index in [0.29, 0.717) is 13.0 Å². The predicted octanol–water partition coefficient (Wildman–Crippen LogP) is 4.80. The number of hydrogen-bond donors (Lipinski definition) is 2. The molecule has 1 saturated heterocycles. The summed E-state index contributed by atoms with van der Waals surface area (Å²) in [6, 6.07) is 15.1. The molecule has 2 unspecified atom stereocenters. The molecule has 7 nitrogen and oxygen atoms in total. The highest BCUT2D eigenvalue weighted by atomic mass is 16.5. The van der Waals surface area contributed by atoms with Crippen LogP contribution in [0, 0.1) is 5.92 Å². The Kier molecular flexibility index (Phi) is 7.73. The molecular formula is C28H34N2O5. The van der Waals surface area contributed by atoms with E-state index in [1.165, 1.54) is 4.90 Å². The van der Waals surface area contributed by atoms with Crippen LogP contribution in [0.4, 0.5) is 4.79 Å². The highest BCUT2D eigenvalue weighted by Gasteiger charge is 2.37. The Morgan fingerprint density at radius 2 is 1.71 bits per heavy atom. The van der Waals surface area contributed by atoms with Gasteiger partial charge in [0.1, 0.15) is 12.6 Å². The Morgan fingerprint density at radius 1 is 1.09 bits per heavy atom. The minimum Gasteiger partial charge on any atom is -0.480 e. The molecule has 1 aliphatic heterocycles. The van der Waals surface area contributed by atoms with Gasteiger partial charge in [-0.05, 0) is 47.4 Å². The molecule has 1 heterocycles. The van der Waals surface area contributed by atoms with E-state index in [1.807, 2.05) is 38.1 Å². The fourth-order valence-corrected chi connectivity index (χ4v) is 5.55. The molecule has 0 aromatic heterocycles. The van der Waals surface area contributed by atoms with Crippen LogP contribution in [0.1, 0.15) is 63.0 Å². The molecule has 0 saturated carbocycles. The number of carbonyl (C=O) groups is 3. The lowest BCUT2D eigenvalue weighted by Crippen LogP contribution is -2.53. The molecule has 3 atom stereocenters. The maximum absolute atomic E-state index is 13.0. The van der Waals surface area contributed by atoms with Gasteiger partial charge in [-0.15, -0.1) is 0 Å². The smallest absolute Gasteiger partial charge is 0.407 e. The minimum absolute atomic E-state index is 0.0365. The highest BCUT2D eigenvalue weighted by molar-refractivity contribution is 5.85. The summed E-state index contributed by atoms with van der Waals surface area (Å²) in [7, 11) is 0. The van der Waals surface area contributed by atoms with Crippen molar-refractivity contribution in [2.75, 3.05) is 13.2 Å². The Hall–Kier alpha value is -3.35. The van der Waals surface area contributed by atoms with Crippen LogP contribution >= 0.6 is 0 Å². The fraction of sp³-hybridized carbons (Fsp3) is 0.464. The molecule has 2 aromatic carbocycles. The van der Waals surface area contributed by atoms with E-state index in [4.69, 9.17) is 4.74 Å². The third-order valence-electron chi connectivity index (χ3n) is 7.23. The van der Waals surface area contributed by atoms with Gasteiger partial charge in [0.15, 0.2) is 0 Å². The topological polar surface area (TPSA) is 95.9 Å². The quantitative estimate of drug-likeness (QED) is 0.568. The number of likely N-dealkylation sites (tertiary alicyclic amines) is 1. The van der Waals surface area contributed by atoms with E-state index in [9.17, 15) is 19.5 Å². The van der Waals surface area contributed by atoms with Gasteiger partial charge in [0.05, 0.1) is 0 Å². The SMILES string of the molecule is CCC[C@H](CC(=O)N1CCCC(C)C1C(=O)O)NC(=O)OCC1c2ccccc2-c2ccccc21. The van der Waals surface area contributed by atoms with E-state index >= 15 is 0 Å². The number of amides is 2. The van der Waals surface area contributed by atoms with Crippen LogP contribution < -0.4 is 5.32 Å². The van der Waals surface area contributed by atoms with E-state index in [2.05, 4.69) is 29.6 Å². The largest absolute Gasteiger partial charge is 0.480 e. The van der Waals surface area contributed by atoms with E-state index < -0.39 is 24.1 Å². The molecule has 4 rings (SSSR count). The van der Waals surface area contributed by atoms with E-state index in [-0.39, 0.29) is 30.8 Å². The molecule has 1 fully saturated rings. The van der Waals surface area contributed by atoms with Crippen molar-refractivity contribution < 1.29 is 24.2 Å². The summed E-state index contributed by atoms with van der Waals surface area (Å²) in [4.78, 5) is 39.0. The second kappa shape index (κ2) is 10.9. The summed E-state index contributed by atoms with van der Waals surface area (Å²) in [5.41, 5.74) is 4.60. The third kappa shape index (κ3) is 5.34. The van der Waals surface area contributed by atoms with Crippen molar-refractivity contribution in [1.29, 1.82) is 0 Å². The summed E-state index contributed by atoms with van der Waals surface area (Å²) in [6.45, 7) is 4.50. The number of alkyl carbamates (subject to hydrolysis) is 1. The van der Waals surface area contributed by atoms with Crippen molar-refractivity contribution in [3.63, 3.8) is 0 Å². The summed E-state index contributed by atoms with van der Waals surface area (Å²) < 4.78 is 5.65. The number of benzene rings is 2. The lowest BCUT2D eigenvalue weighted by molar-refractivity contribution is -0.154. The number of carbonyl (C=O) groups excluding carboxylic acids is 2. The van der Waals surface area contributed by atoms with Crippen molar-refractivity contribution in [3.05, 3.63) is 59.7 Å². The lowest BCUT2D eigenvalue weighted by Gasteiger charge is -2.38. The molecule has 0 bridgehead atoms. The van der Waals surface area contributed by atoms with Crippen LogP contribution in [0.3, 0.4) is 0 Å². The van der Waals surface area contributed by atoms with Gasteiger partial charge < -0.3 is 20.1 Å². The predicted molar refractivity (Wildman–Crippen MR) is 133 cm³/mol. The van der Waals surface area contributed by atoms with Crippen molar-refractivity contribution in [2.45, 2.75) is 64.0 Å². The summed E-state index contributed by atoms with van der Waals surface area (Å²) in [5, 5.41) is 12.5. The summed E-state index contributed by atoms with van der Waals surface area (Å²) >= 11 is 0. The van der Waals surface area contributed by atoms with Gasteiger partial charge in [0, 0.05) is 24.9 Å². The van der Waals surface area contributed by atoms with Gasteiger partial charge in [0.2, 0.25) is 5.91 Å². The third-order valence-corrected chi connectivity index (χ3v) is 7.23. The zero-order valence-electron chi connectivity index (χ0n) is 20.4. The molecule has 0 spiro atoms. The number of rotatable bonds is 8. The van der Waals surface area contributed by atoms with Crippen LogP contribution in [0.2, 0.25) is 0 Å². The minimum atomic E-state index is -0.970. The monoisotopic (exact) mass is 478 g/mol. The van der Waals surface area contributed by atoms with Crippen molar-refractivity contribution >= 4 is 18.0 Å². The van der Waals surface area contributed by atoms with Gasteiger partial charge in [-0.3, -0.25) is 4.79 Å². The van der Waals surface area contributed by atoms with Crippen LogP contribution in [-0.4, -0.2) is 53.2 Å². The molecule has 186 valence electrons. The second-order valence-electron chi connectivity index (χ2n) is 9.65. The van der Waals surface area contributed by atoms with E-state index in [0.717, 1.165) is 41.5 Å². The van der Waals surface area contributed by atoms with Crippen LogP contribution in [0.25, 0.3) is 11.1 Å². The average Bonchev–Trinajstić information content (AvgIpc) is 3.16. The number of carboxylic acids is 1. The molecule has 2 N–H and O–H groups in total. The normalized spacial score (nSPS) is 20.0. The number of fused-ring (bicyclic) bond motifs is 3. The van der Waals surface area contributed by atoms with Crippen molar-refractivity contribution in [2.24, 2.45) is 5.92 Å². The maximum atomic E-state index is 13.0. The molecule has 35 heavy (non-hydrogen) atoms. The zero-order chi connectivity index (χ0) is 24.9. The molecule has 2 aromatic rings. The number of hydrogen-bond acceptors (Lipinski definition) is 4.